The maximum atomic E-state index is 9.74. The summed E-state index contributed by atoms with van der Waals surface area (Å²) in [4.78, 5) is 2.57. The van der Waals surface area contributed by atoms with Gasteiger partial charge in [-0.05, 0) is 37.6 Å². The zero-order valence-corrected chi connectivity index (χ0v) is 13.4. The summed E-state index contributed by atoms with van der Waals surface area (Å²) >= 11 is 5.20. The summed E-state index contributed by atoms with van der Waals surface area (Å²) in [5.74, 6) is 0.732. The van der Waals surface area contributed by atoms with Crippen LogP contribution in [0, 0.1) is 0 Å². The first kappa shape index (κ1) is 14.6. The Morgan fingerprint density at radius 2 is 2.00 bits per heavy atom. The van der Waals surface area contributed by atoms with E-state index >= 15 is 0 Å². The van der Waals surface area contributed by atoms with Gasteiger partial charge in [0.1, 0.15) is 12.4 Å². The molecule has 1 aromatic carbocycles. The predicted molar refractivity (Wildman–Crippen MR) is 82.8 cm³/mol. The van der Waals surface area contributed by atoms with Gasteiger partial charge < -0.3 is 9.84 Å². The van der Waals surface area contributed by atoms with Gasteiger partial charge in [0.2, 0.25) is 0 Å². The van der Waals surface area contributed by atoms with Crippen LogP contribution < -0.4 is 4.74 Å². The number of aryl methyl sites for hydroxylation is 1. The predicted octanol–water partition coefficient (Wildman–Crippen LogP) is 4.71. The van der Waals surface area contributed by atoms with Gasteiger partial charge in [-0.2, -0.15) is 0 Å². The van der Waals surface area contributed by atoms with Gasteiger partial charge in [0.15, 0.2) is 0 Å². The lowest BCUT2D eigenvalue weighted by molar-refractivity contribution is 0.190. The van der Waals surface area contributed by atoms with Gasteiger partial charge in [-0.25, -0.2) is 0 Å². The van der Waals surface area contributed by atoms with E-state index in [1.54, 1.807) is 18.3 Å². The lowest BCUT2D eigenvalue weighted by Gasteiger charge is -2.13. The Morgan fingerprint density at radius 3 is 2.63 bits per heavy atom. The van der Waals surface area contributed by atoms with Crippen molar-refractivity contribution in [3.63, 3.8) is 0 Å². The van der Waals surface area contributed by atoms with Gasteiger partial charge in [-0.3, -0.25) is 0 Å². The van der Waals surface area contributed by atoms with Crippen LogP contribution in [-0.2, 0) is 13.0 Å². The van der Waals surface area contributed by atoms with Crippen molar-refractivity contribution in [2.75, 3.05) is 0 Å². The Hall–Kier alpha value is -0.840. The van der Waals surface area contributed by atoms with Crippen LogP contribution in [0.5, 0.6) is 5.75 Å². The highest BCUT2D eigenvalue weighted by Gasteiger charge is 2.10. The first-order valence-electron chi connectivity index (χ1n) is 6.28. The minimum atomic E-state index is -0.530. The van der Waals surface area contributed by atoms with E-state index in [0.29, 0.717) is 6.61 Å². The van der Waals surface area contributed by atoms with Crippen LogP contribution in [0.3, 0.4) is 0 Å². The number of benzene rings is 1. The molecule has 0 aliphatic rings. The minimum absolute atomic E-state index is 0.530. The maximum Gasteiger partial charge on any atom is 0.126 e. The molecule has 0 saturated carbocycles. The van der Waals surface area contributed by atoms with E-state index in [0.717, 1.165) is 22.2 Å². The van der Waals surface area contributed by atoms with Gasteiger partial charge in [-0.15, -0.1) is 11.3 Å². The molecule has 0 bridgehead atoms. The zero-order chi connectivity index (χ0) is 13.8. The van der Waals surface area contributed by atoms with Crippen LogP contribution in [0.1, 0.15) is 35.3 Å². The van der Waals surface area contributed by atoms with E-state index < -0.39 is 6.10 Å². The van der Waals surface area contributed by atoms with Crippen LogP contribution in [0.2, 0.25) is 0 Å². The van der Waals surface area contributed by atoms with Crippen LogP contribution in [0.4, 0.5) is 0 Å². The van der Waals surface area contributed by atoms with Crippen LogP contribution >= 0.6 is 27.3 Å². The van der Waals surface area contributed by atoms with Crippen molar-refractivity contribution in [3.05, 3.63) is 50.1 Å². The number of hydrogen-bond donors (Lipinski definition) is 1. The molecule has 0 fully saturated rings. The van der Waals surface area contributed by atoms with Gasteiger partial charge in [-0.1, -0.05) is 28.9 Å². The van der Waals surface area contributed by atoms with E-state index in [9.17, 15) is 5.11 Å². The molecule has 2 rings (SSSR count). The number of thiophene rings is 1. The summed E-state index contributed by atoms with van der Waals surface area (Å²) in [6, 6.07) is 9.94. The molecule has 2 nitrogen and oxygen atoms in total. The summed E-state index contributed by atoms with van der Waals surface area (Å²) < 4.78 is 6.79. The maximum absolute atomic E-state index is 9.74. The first-order valence-corrected chi connectivity index (χ1v) is 7.89. The number of rotatable bonds is 5. The molecule has 2 aromatic rings. The van der Waals surface area contributed by atoms with Crippen LogP contribution in [0.15, 0.2) is 34.8 Å². The van der Waals surface area contributed by atoms with E-state index in [1.807, 2.05) is 18.2 Å². The highest BCUT2D eigenvalue weighted by atomic mass is 79.9. The second kappa shape index (κ2) is 6.55. The molecule has 0 aliphatic heterocycles. The molecular weight excluding hydrogens is 324 g/mol. The Kier molecular flexibility index (Phi) is 5.02. The quantitative estimate of drug-likeness (QED) is 0.854. The molecule has 0 amide bonds. The Morgan fingerprint density at radius 1 is 1.26 bits per heavy atom. The van der Waals surface area contributed by atoms with Crippen LogP contribution in [0.25, 0.3) is 0 Å². The van der Waals surface area contributed by atoms with Crippen molar-refractivity contribution in [2.45, 2.75) is 33.0 Å². The summed E-state index contributed by atoms with van der Waals surface area (Å²) in [6.45, 7) is 4.44. The number of halogens is 1. The molecule has 1 heterocycles. The molecule has 0 unspecified atom stereocenters. The molecule has 1 N–H and O–H groups in total. The minimum Gasteiger partial charge on any atom is -0.488 e. The molecule has 4 heteroatoms. The fourth-order valence-corrected chi connectivity index (χ4v) is 3.03. The normalized spacial score (nSPS) is 12.4. The third-order valence-corrected chi connectivity index (χ3v) is 4.56. The summed E-state index contributed by atoms with van der Waals surface area (Å²) in [5.41, 5.74) is 0.815. The molecular formula is C15H17BrO2S. The van der Waals surface area contributed by atoms with E-state index in [-0.39, 0.29) is 0 Å². The third kappa shape index (κ3) is 3.81. The highest BCUT2D eigenvalue weighted by molar-refractivity contribution is 9.10. The zero-order valence-electron chi connectivity index (χ0n) is 11.0. The number of hydrogen-bond acceptors (Lipinski definition) is 3. The fourth-order valence-electron chi connectivity index (χ4n) is 1.82. The summed E-state index contributed by atoms with van der Waals surface area (Å²) in [6.07, 6.45) is 0.526. The van der Waals surface area contributed by atoms with Crippen LogP contribution in [-0.4, -0.2) is 5.11 Å². The van der Waals surface area contributed by atoms with Gasteiger partial charge in [0.25, 0.3) is 0 Å². The average molecular weight is 341 g/mol. The number of aliphatic hydroxyl groups excluding tert-OH is 1. The van der Waals surface area contributed by atoms with Crippen molar-refractivity contribution in [3.8, 4) is 5.75 Å². The molecule has 0 spiro atoms. The highest BCUT2D eigenvalue weighted by Crippen LogP contribution is 2.30. The van der Waals surface area contributed by atoms with E-state index in [4.69, 9.17) is 4.74 Å². The van der Waals surface area contributed by atoms with Crippen molar-refractivity contribution in [2.24, 2.45) is 0 Å². The van der Waals surface area contributed by atoms with Crippen molar-refractivity contribution >= 4 is 27.3 Å². The van der Waals surface area contributed by atoms with E-state index in [1.165, 1.54) is 9.75 Å². The molecule has 0 saturated heterocycles. The Bertz CT molecular complexity index is 549. The first-order chi connectivity index (χ1) is 9.10. The van der Waals surface area contributed by atoms with Crippen molar-refractivity contribution in [1.82, 2.24) is 0 Å². The molecule has 0 aliphatic carbocycles. The van der Waals surface area contributed by atoms with Gasteiger partial charge >= 0.3 is 0 Å². The standard InChI is InChI=1S/C15H17BrO2S/c1-3-12-5-6-13(19-12)9-18-15-8-11(16)4-7-14(15)10(2)17/h4-8,10,17H,3,9H2,1-2H3/t10-/m1/s1. The topological polar surface area (TPSA) is 29.5 Å². The molecule has 1 atom stereocenters. The second-order valence-electron chi connectivity index (χ2n) is 4.37. The SMILES string of the molecule is CCc1ccc(COc2cc(Br)ccc2[C@@H](C)O)s1. The van der Waals surface area contributed by atoms with Crippen molar-refractivity contribution in [1.29, 1.82) is 0 Å². The smallest absolute Gasteiger partial charge is 0.126 e. The lowest BCUT2D eigenvalue weighted by atomic mass is 10.1. The van der Waals surface area contributed by atoms with E-state index in [2.05, 4.69) is 35.0 Å². The molecule has 1 aromatic heterocycles. The Labute approximate surface area is 126 Å². The van der Waals surface area contributed by atoms with Crippen molar-refractivity contribution < 1.29 is 9.84 Å². The van der Waals surface area contributed by atoms with Gasteiger partial charge in [0, 0.05) is 19.8 Å². The monoisotopic (exact) mass is 340 g/mol. The average Bonchev–Trinajstić information content (AvgIpc) is 2.84. The molecule has 19 heavy (non-hydrogen) atoms. The molecule has 102 valence electrons. The summed E-state index contributed by atoms with van der Waals surface area (Å²) in [7, 11) is 0. The third-order valence-electron chi connectivity index (χ3n) is 2.86. The summed E-state index contributed by atoms with van der Waals surface area (Å²) in [5, 5.41) is 9.74. The fraction of sp³-hybridized carbons (Fsp3) is 0.333. The number of ether oxygens (including phenoxy) is 1. The van der Waals surface area contributed by atoms with Gasteiger partial charge in [0.05, 0.1) is 6.10 Å². The Balaban J connectivity index is 2.12. The second-order valence-corrected chi connectivity index (χ2v) is 6.54. The lowest BCUT2D eigenvalue weighted by Crippen LogP contribution is -2.00. The largest absolute Gasteiger partial charge is 0.488 e. The molecule has 0 radical (unpaired) electrons. The number of aliphatic hydroxyl groups is 1.